The summed E-state index contributed by atoms with van der Waals surface area (Å²) in [7, 11) is 0. The van der Waals surface area contributed by atoms with Crippen LogP contribution in [-0.4, -0.2) is 23.4 Å². The van der Waals surface area contributed by atoms with Gasteiger partial charge in [-0.3, -0.25) is 9.59 Å². The van der Waals surface area contributed by atoms with E-state index in [1.807, 2.05) is 26.0 Å². The van der Waals surface area contributed by atoms with Gasteiger partial charge in [0.05, 0.1) is 21.8 Å². The van der Waals surface area contributed by atoms with Crippen LogP contribution in [0.2, 0.25) is 5.02 Å². The SMILES string of the molecule is CCCC(=O)Nc1nc2ccc(NC(=O)c3ccc(OCC)c(Cl)c3)cc2s1. The number of rotatable bonds is 7. The van der Waals surface area contributed by atoms with Gasteiger partial charge in [0.15, 0.2) is 5.13 Å². The molecule has 0 aliphatic carbocycles. The molecule has 1 heterocycles. The fourth-order valence-electron chi connectivity index (χ4n) is 2.58. The first-order chi connectivity index (χ1) is 13.5. The Bertz CT molecular complexity index is 1020. The van der Waals surface area contributed by atoms with Gasteiger partial charge in [0, 0.05) is 17.7 Å². The van der Waals surface area contributed by atoms with Gasteiger partial charge in [0.2, 0.25) is 5.91 Å². The molecule has 0 bridgehead atoms. The van der Waals surface area contributed by atoms with Crippen LogP contribution in [-0.2, 0) is 4.79 Å². The Morgan fingerprint density at radius 2 is 1.96 bits per heavy atom. The molecule has 0 fully saturated rings. The van der Waals surface area contributed by atoms with Crippen molar-refractivity contribution < 1.29 is 14.3 Å². The number of fused-ring (bicyclic) bond motifs is 1. The van der Waals surface area contributed by atoms with E-state index < -0.39 is 0 Å². The summed E-state index contributed by atoms with van der Waals surface area (Å²) in [4.78, 5) is 28.6. The van der Waals surface area contributed by atoms with Crippen LogP contribution in [0, 0.1) is 0 Å². The van der Waals surface area contributed by atoms with Crippen molar-refractivity contribution in [2.75, 3.05) is 17.2 Å². The Balaban J connectivity index is 1.74. The highest BCUT2D eigenvalue weighted by Gasteiger charge is 2.12. The average Bonchev–Trinajstić information content (AvgIpc) is 3.05. The average molecular weight is 418 g/mol. The Labute approximate surface area is 171 Å². The zero-order valence-corrected chi connectivity index (χ0v) is 17.1. The number of halogens is 1. The highest BCUT2D eigenvalue weighted by molar-refractivity contribution is 7.22. The number of nitrogens with zero attached hydrogens (tertiary/aromatic N) is 1. The van der Waals surface area contributed by atoms with Crippen LogP contribution in [0.25, 0.3) is 10.2 Å². The number of anilines is 2. The number of aromatic nitrogens is 1. The van der Waals surface area contributed by atoms with Gasteiger partial charge in [-0.25, -0.2) is 4.98 Å². The molecule has 2 amide bonds. The molecule has 8 heteroatoms. The molecule has 0 unspecified atom stereocenters. The predicted octanol–water partition coefficient (Wildman–Crippen LogP) is 5.34. The van der Waals surface area contributed by atoms with Gasteiger partial charge in [-0.2, -0.15) is 0 Å². The molecule has 0 saturated heterocycles. The van der Waals surface area contributed by atoms with Crippen LogP contribution in [0.15, 0.2) is 36.4 Å². The van der Waals surface area contributed by atoms with Crippen molar-refractivity contribution in [1.29, 1.82) is 0 Å². The molecule has 3 aromatic rings. The number of carbonyl (C=O) groups is 2. The summed E-state index contributed by atoms with van der Waals surface area (Å²) in [5.41, 5.74) is 1.84. The standard InChI is InChI=1S/C20H20ClN3O3S/c1-3-5-18(25)24-20-23-15-8-7-13(11-17(15)28-20)22-19(26)12-6-9-16(27-4-2)14(21)10-12/h6-11H,3-5H2,1-2H3,(H,22,26)(H,23,24,25). The predicted molar refractivity (Wildman–Crippen MR) is 114 cm³/mol. The van der Waals surface area contributed by atoms with Crippen molar-refractivity contribution >= 4 is 55.8 Å². The number of nitrogens with one attached hydrogen (secondary N) is 2. The lowest BCUT2D eigenvalue weighted by Crippen LogP contribution is -2.11. The Morgan fingerprint density at radius 1 is 1.14 bits per heavy atom. The highest BCUT2D eigenvalue weighted by atomic mass is 35.5. The van der Waals surface area contributed by atoms with Crippen LogP contribution < -0.4 is 15.4 Å². The van der Waals surface area contributed by atoms with Gasteiger partial charge >= 0.3 is 0 Å². The normalized spacial score (nSPS) is 10.7. The summed E-state index contributed by atoms with van der Waals surface area (Å²) in [6.07, 6.45) is 1.24. The third-order valence-electron chi connectivity index (χ3n) is 3.86. The first kappa shape index (κ1) is 20.1. The first-order valence-corrected chi connectivity index (χ1v) is 10.1. The molecular weight excluding hydrogens is 398 g/mol. The first-order valence-electron chi connectivity index (χ1n) is 8.94. The second kappa shape index (κ2) is 9.03. The largest absolute Gasteiger partial charge is 0.492 e. The molecule has 0 radical (unpaired) electrons. The maximum Gasteiger partial charge on any atom is 0.255 e. The molecule has 0 aliphatic rings. The third kappa shape index (κ3) is 4.79. The van der Waals surface area contributed by atoms with E-state index in [1.165, 1.54) is 11.3 Å². The lowest BCUT2D eigenvalue weighted by molar-refractivity contribution is -0.116. The van der Waals surface area contributed by atoms with Crippen molar-refractivity contribution in [1.82, 2.24) is 4.98 Å². The molecule has 0 atom stereocenters. The van der Waals surface area contributed by atoms with Crippen molar-refractivity contribution in [2.45, 2.75) is 26.7 Å². The van der Waals surface area contributed by atoms with Crippen LogP contribution in [0.3, 0.4) is 0 Å². The Morgan fingerprint density at radius 3 is 2.68 bits per heavy atom. The van der Waals surface area contributed by atoms with Gasteiger partial charge in [-0.05, 0) is 49.7 Å². The quantitative estimate of drug-likeness (QED) is 0.543. The van der Waals surface area contributed by atoms with Crippen molar-refractivity contribution in [3.05, 3.63) is 47.0 Å². The van der Waals surface area contributed by atoms with Gasteiger partial charge in [-0.15, -0.1) is 0 Å². The zero-order chi connectivity index (χ0) is 20.1. The van der Waals surface area contributed by atoms with Gasteiger partial charge in [-0.1, -0.05) is 29.9 Å². The lowest BCUT2D eigenvalue weighted by atomic mass is 10.2. The van der Waals surface area contributed by atoms with E-state index in [4.69, 9.17) is 16.3 Å². The van der Waals surface area contributed by atoms with E-state index in [0.29, 0.717) is 40.2 Å². The number of carbonyl (C=O) groups excluding carboxylic acids is 2. The number of hydrogen-bond donors (Lipinski definition) is 2. The minimum Gasteiger partial charge on any atom is -0.492 e. The second-order valence-electron chi connectivity index (χ2n) is 6.03. The topological polar surface area (TPSA) is 80.3 Å². The number of benzene rings is 2. The maximum absolute atomic E-state index is 12.5. The molecular formula is C20H20ClN3O3S. The van der Waals surface area contributed by atoms with Crippen molar-refractivity contribution in [2.24, 2.45) is 0 Å². The number of ether oxygens (including phenoxy) is 1. The summed E-state index contributed by atoms with van der Waals surface area (Å²) in [6, 6.07) is 10.3. The second-order valence-corrected chi connectivity index (χ2v) is 7.47. The Hall–Kier alpha value is -2.64. The number of amides is 2. The molecule has 2 N–H and O–H groups in total. The number of hydrogen-bond acceptors (Lipinski definition) is 5. The summed E-state index contributed by atoms with van der Waals surface area (Å²) in [5.74, 6) is 0.220. The zero-order valence-electron chi connectivity index (χ0n) is 15.5. The summed E-state index contributed by atoms with van der Waals surface area (Å²) >= 11 is 7.52. The van der Waals surface area contributed by atoms with E-state index in [0.717, 1.165) is 16.6 Å². The monoisotopic (exact) mass is 417 g/mol. The van der Waals surface area contributed by atoms with Crippen molar-refractivity contribution in [3.8, 4) is 5.75 Å². The third-order valence-corrected chi connectivity index (χ3v) is 5.09. The van der Waals surface area contributed by atoms with Crippen molar-refractivity contribution in [3.63, 3.8) is 0 Å². The lowest BCUT2D eigenvalue weighted by Gasteiger charge is -2.08. The van der Waals surface area contributed by atoms with Gasteiger partial charge < -0.3 is 15.4 Å². The van der Waals surface area contributed by atoms with E-state index >= 15 is 0 Å². The van der Waals surface area contributed by atoms with Crippen LogP contribution in [0.4, 0.5) is 10.8 Å². The van der Waals surface area contributed by atoms with E-state index in [-0.39, 0.29) is 11.8 Å². The minimum absolute atomic E-state index is 0.0533. The maximum atomic E-state index is 12.5. The van der Waals surface area contributed by atoms with E-state index in [2.05, 4.69) is 15.6 Å². The van der Waals surface area contributed by atoms with Crippen LogP contribution in [0.1, 0.15) is 37.0 Å². The molecule has 0 spiro atoms. The molecule has 28 heavy (non-hydrogen) atoms. The fourth-order valence-corrected chi connectivity index (χ4v) is 3.74. The molecule has 146 valence electrons. The summed E-state index contributed by atoms with van der Waals surface area (Å²) in [5, 5.41) is 6.59. The molecule has 1 aromatic heterocycles. The highest BCUT2D eigenvalue weighted by Crippen LogP contribution is 2.29. The van der Waals surface area contributed by atoms with E-state index in [1.54, 1.807) is 24.3 Å². The van der Waals surface area contributed by atoms with Crippen LogP contribution in [0.5, 0.6) is 5.75 Å². The van der Waals surface area contributed by atoms with Gasteiger partial charge in [0.25, 0.3) is 5.91 Å². The Kier molecular flexibility index (Phi) is 6.49. The van der Waals surface area contributed by atoms with Crippen LogP contribution >= 0.6 is 22.9 Å². The molecule has 3 rings (SSSR count). The van der Waals surface area contributed by atoms with E-state index in [9.17, 15) is 9.59 Å². The molecule has 0 saturated carbocycles. The van der Waals surface area contributed by atoms with Gasteiger partial charge in [0.1, 0.15) is 5.75 Å². The summed E-state index contributed by atoms with van der Waals surface area (Å²) in [6.45, 7) is 4.32. The fraction of sp³-hybridized carbons (Fsp3) is 0.250. The minimum atomic E-state index is -0.273. The molecule has 6 nitrogen and oxygen atoms in total. The molecule has 2 aromatic carbocycles. The molecule has 0 aliphatic heterocycles. The number of thiazole rings is 1. The summed E-state index contributed by atoms with van der Waals surface area (Å²) < 4.78 is 6.25. The smallest absolute Gasteiger partial charge is 0.255 e.